The van der Waals surface area contributed by atoms with E-state index in [2.05, 4.69) is 13.8 Å². The molecule has 0 radical (unpaired) electrons. The number of carbonyl (C=O) groups excluding carboxylic acids is 1. The first-order chi connectivity index (χ1) is 10.8. The highest BCUT2D eigenvalue weighted by Crippen LogP contribution is 2.37. The van der Waals surface area contributed by atoms with Crippen LogP contribution in [-0.2, 0) is 4.79 Å². The second-order valence-corrected chi connectivity index (χ2v) is 6.52. The van der Waals surface area contributed by atoms with Gasteiger partial charge >= 0.3 is 0 Å². The van der Waals surface area contributed by atoms with Crippen LogP contribution >= 0.6 is 11.6 Å². The van der Waals surface area contributed by atoms with Crippen LogP contribution in [0.1, 0.15) is 33.3 Å². The number of hydrogen-bond donors (Lipinski definition) is 0. The third kappa shape index (κ3) is 5.79. The molecule has 4 nitrogen and oxygen atoms in total. The van der Waals surface area contributed by atoms with Gasteiger partial charge in [0.1, 0.15) is 0 Å². The fourth-order valence-corrected chi connectivity index (χ4v) is 2.04. The molecule has 0 aromatic heterocycles. The van der Waals surface area contributed by atoms with E-state index in [1.54, 1.807) is 37.3 Å². The van der Waals surface area contributed by atoms with Gasteiger partial charge in [0.05, 0.1) is 18.7 Å². The van der Waals surface area contributed by atoms with E-state index in [-0.39, 0.29) is 11.9 Å². The molecule has 0 fully saturated rings. The van der Waals surface area contributed by atoms with Crippen molar-refractivity contribution in [1.29, 1.82) is 0 Å². The van der Waals surface area contributed by atoms with Crippen LogP contribution < -0.4 is 9.47 Å². The fraction of sp³-hybridized carbons (Fsp3) is 0.500. The van der Waals surface area contributed by atoms with E-state index in [9.17, 15) is 4.79 Å². The van der Waals surface area contributed by atoms with Gasteiger partial charge in [-0.3, -0.25) is 4.79 Å². The van der Waals surface area contributed by atoms with E-state index in [1.165, 1.54) is 6.08 Å². The highest BCUT2D eigenvalue weighted by molar-refractivity contribution is 6.32. The summed E-state index contributed by atoms with van der Waals surface area (Å²) in [6, 6.07) is 3.72. The Bertz CT molecular complexity index is 568. The lowest BCUT2D eigenvalue weighted by Gasteiger charge is -2.19. The van der Waals surface area contributed by atoms with Crippen molar-refractivity contribution < 1.29 is 14.3 Å². The van der Waals surface area contributed by atoms with E-state index in [1.807, 2.05) is 13.8 Å². The lowest BCUT2D eigenvalue weighted by Crippen LogP contribution is -2.31. The van der Waals surface area contributed by atoms with Crippen LogP contribution in [-0.4, -0.2) is 37.6 Å². The summed E-state index contributed by atoms with van der Waals surface area (Å²) in [7, 11) is 3.34. The van der Waals surface area contributed by atoms with Crippen LogP contribution in [0.2, 0.25) is 5.02 Å². The van der Waals surface area contributed by atoms with Gasteiger partial charge in [-0.15, -0.1) is 0 Å². The number of benzene rings is 1. The Kier molecular flexibility index (Phi) is 7.43. The van der Waals surface area contributed by atoms with Crippen molar-refractivity contribution in [2.75, 3.05) is 20.8 Å². The molecule has 0 atom stereocenters. The zero-order chi connectivity index (χ0) is 17.6. The number of carbonyl (C=O) groups is 1. The minimum absolute atomic E-state index is 0.0600. The van der Waals surface area contributed by atoms with Crippen molar-refractivity contribution in [2.24, 2.45) is 5.92 Å². The zero-order valence-electron chi connectivity index (χ0n) is 14.7. The smallest absolute Gasteiger partial charge is 0.246 e. The average Bonchev–Trinajstić information content (AvgIpc) is 2.49. The minimum Gasteiger partial charge on any atom is -0.493 e. The van der Waals surface area contributed by atoms with E-state index in [4.69, 9.17) is 21.1 Å². The second-order valence-electron chi connectivity index (χ2n) is 6.12. The first kappa shape index (κ1) is 19.4. The molecule has 1 amide bonds. The third-order valence-corrected chi connectivity index (χ3v) is 3.63. The minimum atomic E-state index is -0.0600. The average molecular weight is 340 g/mol. The first-order valence-electron chi connectivity index (χ1n) is 7.71. The van der Waals surface area contributed by atoms with Gasteiger partial charge in [0.15, 0.2) is 11.5 Å². The number of nitrogens with zero attached hydrogens (tertiary/aromatic N) is 1. The van der Waals surface area contributed by atoms with Crippen molar-refractivity contribution in [1.82, 2.24) is 4.90 Å². The number of likely N-dealkylation sites (N-methyl/N-ethyl adjacent to an activating group) is 1. The molecule has 1 aromatic rings. The van der Waals surface area contributed by atoms with Crippen LogP contribution in [0.5, 0.6) is 11.5 Å². The summed E-state index contributed by atoms with van der Waals surface area (Å²) in [5.74, 6) is 1.42. The van der Waals surface area contributed by atoms with Crippen LogP contribution in [0.3, 0.4) is 0 Å². The zero-order valence-corrected chi connectivity index (χ0v) is 15.5. The Labute approximate surface area is 144 Å². The van der Waals surface area contributed by atoms with E-state index < -0.39 is 0 Å². The lowest BCUT2D eigenvalue weighted by atomic mass is 10.1. The Morgan fingerprint density at radius 1 is 1.30 bits per heavy atom. The normalized spacial score (nSPS) is 11.3. The summed E-state index contributed by atoms with van der Waals surface area (Å²) in [6.07, 6.45) is 3.25. The molecule has 0 aliphatic heterocycles. The van der Waals surface area contributed by atoms with Gasteiger partial charge in [0, 0.05) is 19.2 Å². The number of methoxy groups -OCH3 is 1. The fourth-order valence-electron chi connectivity index (χ4n) is 1.77. The number of rotatable bonds is 7. The van der Waals surface area contributed by atoms with Crippen molar-refractivity contribution in [3.63, 3.8) is 0 Å². The number of halogens is 1. The maximum Gasteiger partial charge on any atom is 0.246 e. The summed E-state index contributed by atoms with van der Waals surface area (Å²) in [5.41, 5.74) is 0.786. The molecule has 0 aliphatic carbocycles. The van der Waals surface area contributed by atoms with Crippen LogP contribution in [0.4, 0.5) is 0 Å². The maximum atomic E-state index is 12.0. The first-order valence-corrected chi connectivity index (χ1v) is 8.09. The van der Waals surface area contributed by atoms with Gasteiger partial charge in [0.25, 0.3) is 0 Å². The quantitative estimate of drug-likeness (QED) is 0.696. The summed E-state index contributed by atoms with van der Waals surface area (Å²) in [4.78, 5) is 13.7. The molecule has 0 unspecified atom stereocenters. The molecule has 0 N–H and O–H groups in total. The predicted molar refractivity (Wildman–Crippen MR) is 95.3 cm³/mol. The van der Waals surface area contributed by atoms with Gasteiger partial charge in [0.2, 0.25) is 5.91 Å². The molecule has 0 saturated carbocycles. The molecular formula is C18H26ClNO3. The lowest BCUT2D eigenvalue weighted by molar-refractivity contribution is -0.126. The molecule has 0 saturated heterocycles. The van der Waals surface area contributed by atoms with Gasteiger partial charge in [-0.1, -0.05) is 25.4 Å². The number of amides is 1. The Hall–Kier alpha value is -1.68. The Morgan fingerprint density at radius 2 is 1.96 bits per heavy atom. The highest BCUT2D eigenvalue weighted by Gasteiger charge is 2.13. The maximum absolute atomic E-state index is 12.0. The molecule has 0 spiro atoms. The summed E-state index contributed by atoms with van der Waals surface area (Å²) < 4.78 is 11.1. The van der Waals surface area contributed by atoms with Gasteiger partial charge < -0.3 is 14.4 Å². The van der Waals surface area contributed by atoms with Gasteiger partial charge in [-0.25, -0.2) is 0 Å². The van der Waals surface area contributed by atoms with E-state index >= 15 is 0 Å². The monoisotopic (exact) mass is 339 g/mol. The molecule has 1 rings (SSSR count). The molecule has 0 heterocycles. The molecule has 0 aliphatic rings. The molecule has 5 heteroatoms. The highest BCUT2D eigenvalue weighted by atomic mass is 35.5. The predicted octanol–water partition coefficient (Wildman–Crippen LogP) is 4.26. The van der Waals surface area contributed by atoms with Crippen molar-refractivity contribution in [2.45, 2.75) is 33.7 Å². The summed E-state index contributed by atoms with van der Waals surface area (Å²) in [5, 5.41) is 0.467. The Morgan fingerprint density at radius 3 is 2.48 bits per heavy atom. The SMILES string of the molecule is COc1cc(/C=C/C(=O)N(C)C(C)C)cc(Cl)c1OCC(C)C. The topological polar surface area (TPSA) is 38.8 Å². The van der Waals surface area contributed by atoms with E-state index in [0.29, 0.717) is 29.0 Å². The Balaban J connectivity index is 2.98. The number of hydrogen-bond acceptors (Lipinski definition) is 3. The third-order valence-electron chi connectivity index (χ3n) is 3.35. The summed E-state index contributed by atoms with van der Waals surface area (Å²) in [6.45, 7) is 8.62. The summed E-state index contributed by atoms with van der Waals surface area (Å²) >= 11 is 6.29. The molecule has 23 heavy (non-hydrogen) atoms. The van der Waals surface area contributed by atoms with E-state index in [0.717, 1.165) is 5.56 Å². The van der Waals surface area contributed by atoms with Crippen molar-refractivity contribution in [3.8, 4) is 11.5 Å². The molecule has 128 valence electrons. The molecular weight excluding hydrogens is 314 g/mol. The largest absolute Gasteiger partial charge is 0.493 e. The van der Waals surface area contributed by atoms with Crippen molar-refractivity contribution in [3.05, 3.63) is 28.8 Å². The number of ether oxygens (including phenoxy) is 2. The van der Waals surface area contributed by atoms with Gasteiger partial charge in [-0.05, 0) is 43.5 Å². The van der Waals surface area contributed by atoms with Crippen molar-refractivity contribution >= 4 is 23.6 Å². The second kappa shape index (κ2) is 8.82. The van der Waals surface area contributed by atoms with Crippen LogP contribution in [0.25, 0.3) is 6.08 Å². The standard InChI is InChI=1S/C18H26ClNO3/c1-12(2)11-23-18-15(19)9-14(10-16(18)22-6)7-8-17(21)20(5)13(3)4/h7-10,12-13H,11H2,1-6H3/b8-7+. The van der Waals surface area contributed by atoms with Crippen LogP contribution in [0, 0.1) is 5.92 Å². The van der Waals surface area contributed by atoms with Crippen LogP contribution in [0.15, 0.2) is 18.2 Å². The molecule has 1 aromatic carbocycles. The van der Waals surface area contributed by atoms with Gasteiger partial charge in [-0.2, -0.15) is 0 Å². The molecule has 0 bridgehead atoms.